The Morgan fingerprint density at radius 2 is 2.05 bits per heavy atom. The monoisotopic (exact) mass is 286 g/mol. The molecule has 1 amide bonds. The number of rotatable bonds is 4. The van der Waals surface area contributed by atoms with E-state index in [1.54, 1.807) is 17.6 Å². The Balaban J connectivity index is 1.91. The number of hydrogen-bond donors (Lipinski definition) is 1. The van der Waals surface area contributed by atoms with Gasteiger partial charge < -0.3 is 0 Å². The largest absolute Gasteiger partial charge is 0.273 e. The lowest BCUT2D eigenvalue weighted by Gasteiger charge is -2.05. The molecule has 0 bridgehead atoms. The Morgan fingerprint density at radius 1 is 1.25 bits per heavy atom. The molecule has 20 heavy (non-hydrogen) atoms. The minimum atomic E-state index is -0.0959. The fourth-order valence-electron chi connectivity index (χ4n) is 1.95. The fraction of sp³-hybridized carbons (Fsp3) is 0.250. The number of aryl methyl sites for hydroxylation is 3. The minimum Gasteiger partial charge on any atom is -0.273 e. The van der Waals surface area contributed by atoms with Crippen LogP contribution in [0.3, 0.4) is 0 Å². The van der Waals surface area contributed by atoms with E-state index in [1.165, 1.54) is 10.4 Å². The van der Waals surface area contributed by atoms with E-state index in [-0.39, 0.29) is 5.91 Å². The van der Waals surface area contributed by atoms with E-state index in [9.17, 15) is 4.79 Å². The molecule has 1 aromatic heterocycles. The van der Waals surface area contributed by atoms with Crippen molar-refractivity contribution < 1.29 is 4.79 Å². The molecule has 1 N–H and O–H groups in total. The van der Waals surface area contributed by atoms with Crippen LogP contribution in [0.1, 0.15) is 26.4 Å². The van der Waals surface area contributed by atoms with Gasteiger partial charge in [0, 0.05) is 9.75 Å². The van der Waals surface area contributed by atoms with Crippen molar-refractivity contribution in [3.05, 3.63) is 56.8 Å². The average molecular weight is 286 g/mol. The topological polar surface area (TPSA) is 41.5 Å². The zero-order valence-electron chi connectivity index (χ0n) is 11.9. The van der Waals surface area contributed by atoms with Gasteiger partial charge >= 0.3 is 0 Å². The van der Waals surface area contributed by atoms with Crippen molar-refractivity contribution in [1.29, 1.82) is 0 Å². The van der Waals surface area contributed by atoms with Gasteiger partial charge in [-0.15, -0.1) is 11.3 Å². The molecule has 0 radical (unpaired) electrons. The highest BCUT2D eigenvalue weighted by molar-refractivity contribution is 7.13. The lowest BCUT2D eigenvalue weighted by atomic mass is 10.0. The number of nitrogens with zero attached hydrogens (tertiary/aromatic N) is 1. The van der Waals surface area contributed by atoms with E-state index in [1.807, 2.05) is 45.0 Å². The summed E-state index contributed by atoms with van der Waals surface area (Å²) < 4.78 is 0. The third-order valence-corrected chi connectivity index (χ3v) is 3.93. The summed E-state index contributed by atoms with van der Waals surface area (Å²) in [7, 11) is 0. The van der Waals surface area contributed by atoms with Gasteiger partial charge in [0.15, 0.2) is 0 Å². The second kappa shape index (κ2) is 6.48. The highest BCUT2D eigenvalue weighted by Gasteiger charge is 2.05. The van der Waals surface area contributed by atoms with E-state index < -0.39 is 0 Å². The predicted octanol–water partition coefficient (Wildman–Crippen LogP) is 3.37. The lowest BCUT2D eigenvalue weighted by molar-refractivity contribution is -0.120. The molecule has 0 saturated carbocycles. The molecule has 4 heteroatoms. The second-order valence-electron chi connectivity index (χ2n) is 4.85. The van der Waals surface area contributed by atoms with Gasteiger partial charge in [-0.2, -0.15) is 5.10 Å². The molecule has 0 fully saturated rings. The normalized spacial score (nSPS) is 10.9. The maximum atomic E-state index is 11.8. The smallest absolute Gasteiger partial charge is 0.244 e. The molecule has 0 aliphatic heterocycles. The van der Waals surface area contributed by atoms with Gasteiger partial charge in [-0.05, 0) is 44.0 Å². The van der Waals surface area contributed by atoms with E-state index in [2.05, 4.69) is 16.6 Å². The van der Waals surface area contributed by atoms with Gasteiger partial charge in [-0.3, -0.25) is 4.79 Å². The maximum absolute atomic E-state index is 11.8. The van der Waals surface area contributed by atoms with Crippen LogP contribution in [0, 0.1) is 20.8 Å². The van der Waals surface area contributed by atoms with Crippen LogP contribution in [0.4, 0.5) is 0 Å². The molecular formula is C16H18N2OS. The first-order chi connectivity index (χ1) is 9.54. The first-order valence-corrected chi connectivity index (χ1v) is 7.31. The summed E-state index contributed by atoms with van der Waals surface area (Å²) in [4.78, 5) is 14.1. The first-order valence-electron chi connectivity index (χ1n) is 6.49. The summed E-state index contributed by atoms with van der Waals surface area (Å²) >= 11 is 1.65. The quantitative estimate of drug-likeness (QED) is 0.679. The standard InChI is InChI=1S/C16H18N2OS/c1-11-4-6-14(12(2)8-11)9-16(19)18-17-10-15-7-5-13(3)20-15/h4-8,10H,9H2,1-3H3,(H,18,19)/b17-10+. The summed E-state index contributed by atoms with van der Waals surface area (Å²) in [5.74, 6) is -0.0959. The number of thiophene rings is 1. The van der Waals surface area contributed by atoms with Crippen LogP contribution in [0.25, 0.3) is 0 Å². The van der Waals surface area contributed by atoms with Gasteiger partial charge in [0.25, 0.3) is 0 Å². The summed E-state index contributed by atoms with van der Waals surface area (Å²) in [6, 6.07) is 10.1. The van der Waals surface area contributed by atoms with Gasteiger partial charge in [0.2, 0.25) is 5.91 Å². The molecule has 0 spiro atoms. The summed E-state index contributed by atoms with van der Waals surface area (Å²) in [5.41, 5.74) is 5.95. The number of hydrazone groups is 1. The van der Waals surface area contributed by atoms with Gasteiger partial charge in [0.05, 0.1) is 12.6 Å². The molecule has 0 aliphatic rings. The number of amides is 1. The highest BCUT2D eigenvalue weighted by atomic mass is 32.1. The SMILES string of the molecule is Cc1ccc(CC(=O)N/N=C/c2ccc(C)s2)c(C)c1. The second-order valence-corrected chi connectivity index (χ2v) is 6.17. The first kappa shape index (κ1) is 14.5. The van der Waals surface area contributed by atoms with Crippen LogP contribution in [-0.4, -0.2) is 12.1 Å². The Labute approximate surface area is 123 Å². The predicted molar refractivity (Wildman–Crippen MR) is 84.4 cm³/mol. The van der Waals surface area contributed by atoms with Crippen LogP contribution < -0.4 is 5.43 Å². The summed E-state index contributed by atoms with van der Waals surface area (Å²) in [5, 5.41) is 3.98. The van der Waals surface area contributed by atoms with Crippen molar-refractivity contribution in [2.24, 2.45) is 5.10 Å². The lowest BCUT2D eigenvalue weighted by Crippen LogP contribution is -2.20. The van der Waals surface area contributed by atoms with Crippen LogP contribution in [0.5, 0.6) is 0 Å². The van der Waals surface area contributed by atoms with Gasteiger partial charge in [-0.25, -0.2) is 5.43 Å². The zero-order valence-corrected chi connectivity index (χ0v) is 12.8. The van der Waals surface area contributed by atoms with Crippen molar-refractivity contribution in [2.45, 2.75) is 27.2 Å². The Bertz CT molecular complexity index is 644. The molecule has 0 aliphatic carbocycles. The third-order valence-electron chi connectivity index (χ3n) is 2.99. The molecule has 0 unspecified atom stereocenters. The Morgan fingerprint density at radius 3 is 2.70 bits per heavy atom. The Kier molecular flexibility index (Phi) is 4.69. The Hall–Kier alpha value is -1.94. The van der Waals surface area contributed by atoms with E-state index >= 15 is 0 Å². The molecule has 0 atom stereocenters. The molecule has 2 aromatic rings. The molecule has 0 saturated heterocycles. The molecule has 2 rings (SSSR count). The van der Waals surface area contributed by atoms with Crippen molar-refractivity contribution in [2.75, 3.05) is 0 Å². The van der Waals surface area contributed by atoms with Crippen molar-refractivity contribution >= 4 is 23.5 Å². The van der Waals surface area contributed by atoms with Crippen LogP contribution >= 0.6 is 11.3 Å². The minimum absolute atomic E-state index is 0.0959. The van der Waals surface area contributed by atoms with E-state index in [0.717, 1.165) is 16.0 Å². The van der Waals surface area contributed by atoms with Crippen molar-refractivity contribution in [3.8, 4) is 0 Å². The molecule has 1 aromatic carbocycles. The van der Waals surface area contributed by atoms with Crippen LogP contribution in [0.2, 0.25) is 0 Å². The molecular weight excluding hydrogens is 268 g/mol. The van der Waals surface area contributed by atoms with Crippen LogP contribution in [0.15, 0.2) is 35.4 Å². The molecule has 104 valence electrons. The summed E-state index contributed by atoms with van der Waals surface area (Å²) in [6.07, 6.45) is 2.03. The third kappa shape index (κ3) is 4.03. The maximum Gasteiger partial charge on any atom is 0.244 e. The number of carbonyl (C=O) groups is 1. The summed E-state index contributed by atoms with van der Waals surface area (Å²) in [6.45, 7) is 6.11. The number of carbonyl (C=O) groups excluding carboxylic acids is 1. The van der Waals surface area contributed by atoms with E-state index in [4.69, 9.17) is 0 Å². The number of nitrogens with one attached hydrogen (secondary N) is 1. The number of benzene rings is 1. The van der Waals surface area contributed by atoms with Crippen LogP contribution in [-0.2, 0) is 11.2 Å². The fourth-order valence-corrected chi connectivity index (χ4v) is 2.70. The average Bonchev–Trinajstić information content (AvgIpc) is 2.79. The van der Waals surface area contributed by atoms with Gasteiger partial charge in [-0.1, -0.05) is 23.8 Å². The highest BCUT2D eigenvalue weighted by Crippen LogP contribution is 2.12. The van der Waals surface area contributed by atoms with E-state index in [0.29, 0.717) is 6.42 Å². The van der Waals surface area contributed by atoms with Crippen molar-refractivity contribution in [1.82, 2.24) is 5.43 Å². The molecule has 3 nitrogen and oxygen atoms in total. The van der Waals surface area contributed by atoms with Crippen molar-refractivity contribution in [3.63, 3.8) is 0 Å². The molecule has 1 heterocycles. The number of hydrogen-bond acceptors (Lipinski definition) is 3. The van der Waals surface area contributed by atoms with Gasteiger partial charge in [0.1, 0.15) is 0 Å². The zero-order chi connectivity index (χ0) is 14.5.